The minimum atomic E-state index is -0.123. The number of nitrogens with zero attached hydrogens (tertiary/aromatic N) is 3. The number of benzene rings is 2. The highest BCUT2D eigenvalue weighted by molar-refractivity contribution is 6.04. The lowest BCUT2D eigenvalue weighted by Gasteiger charge is -2.30. The van der Waals surface area contributed by atoms with Crippen LogP contribution >= 0.6 is 0 Å². The molecule has 1 N–H and O–H groups in total. The minimum absolute atomic E-state index is 0.0899. The normalized spacial score (nSPS) is 17.6. The molecular weight excluding hydrogens is 500 g/mol. The predicted molar refractivity (Wildman–Crippen MR) is 162 cm³/mol. The molecule has 2 aromatic rings. The maximum absolute atomic E-state index is 13.0. The van der Waals surface area contributed by atoms with Crippen molar-refractivity contribution in [1.29, 1.82) is 0 Å². The van der Waals surface area contributed by atoms with E-state index in [2.05, 4.69) is 40.4 Å². The second-order valence-electron chi connectivity index (χ2n) is 11.4. The lowest BCUT2D eigenvalue weighted by Crippen LogP contribution is -2.41. The first-order valence-electron chi connectivity index (χ1n) is 15.2. The van der Waals surface area contributed by atoms with Gasteiger partial charge in [-0.25, -0.2) is 0 Å². The quantitative estimate of drug-likeness (QED) is 0.192. The molecule has 7 nitrogen and oxygen atoms in total. The Bertz CT molecular complexity index is 1120. The third-order valence-corrected chi connectivity index (χ3v) is 8.03. The summed E-state index contributed by atoms with van der Waals surface area (Å²) in [5, 5.41) is 9.70. The molecule has 0 spiro atoms. The highest BCUT2D eigenvalue weighted by atomic mass is 16.5. The lowest BCUT2D eigenvalue weighted by atomic mass is 9.81. The molecule has 7 heteroatoms. The van der Waals surface area contributed by atoms with Gasteiger partial charge >= 0.3 is 5.97 Å². The number of hydrogen-bond acceptors (Lipinski definition) is 6. The average Bonchev–Trinajstić information content (AvgIpc) is 2.96. The van der Waals surface area contributed by atoms with Gasteiger partial charge in [0.05, 0.1) is 12.8 Å². The van der Waals surface area contributed by atoms with Gasteiger partial charge in [0.2, 0.25) is 0 Å². The number of hydrogen-bond donors (Lipinski definition) is 1. The first-order chi connectivity index (χ1) is 19.5. The van der Waals surface area contributed by atoms with E-state index >= 15 is 0 Å². The number of fused-ring (bicyclic) bond motifs is 1. The first-order valence-corrected chi connectivity index (χ1v) is 15.2. The van der Waals surface area contributed by atoms with Crippen LogP contribution in [0.15, 0.2) is 47.6 Å². The van der Waals surface area contributed by atoms with Gasteiger partial charge < -0.3 is 15.0 Å². The van der Waals surface area contributed by atoms with Gasteiger partial charge in [-0.3, -0.25) is 14.6 Å². The summed E-state index contributed by atoms with van der Waals surface area (Å²) in [6.45, 7) is 6.67. The van der Waals surface area contributed by atoms with Crippen molar-refractivity contribution < 1.29 is 14.3 Å². The number of amides is 1. The molecule has 0 radical (unpaired) electrons. The van der Waals surface area contributed by atoms with Crippen molar-refractivity contribution in [3.05, 3.63) is 64.7 Å². The van der Waals surface area contributed by atoms with Crippen LogP contribution in [0.3, 0.4) is 0 Å². The van der Waals surface area contributed by atoms with Crippen molar-refractivity contribution >= 4 is 23.8 Å². The molecule has 2 aromatic carbocycles. The third-order valence-electron chi connectivity index (χ3n) is 8.03. The molecule has 1 amide bonds. The summed E-state index contributed by atoms with van der Waals surface area (Å²) in [6, 6.07) is 13.7. The van der Waals surface area contributed by atoms with Crippen molar-refractivity contribution in [1.82, 2.24) is 9.91 Å². The summed E-state index contributed by atoms with van der Waals surface area (Å²) in [5.41, 5.74) is 4.85. The standard InChI is InChI=1S/C33H46N4O3/c1-3-4-5-6-7-8-21-40-32(38)23-27-9-12-28-13-14-29(24-30(28)22-27)33(39)35-31-15-10-26(11-16-31)25-34-37-19-17-36(2)18-20-37/h10-11,13-16,24-25,27H,3-9,12,17-23H2,1-2H3,(H,35,39)/b34-25+. The van der Waals surface area contributed by atoms with E-state index in [-0.39, 0.29) is 17.8 Å². The van der Waals surface area contributed by atoms with Crippen molar-refractivity contribution in [3.8, 4) is 0 Å². The number of rotatable bonds is 13. The number of aryl methyl sites for hydroxylation is 1. The minimum Gasteiger partial charge on any atom is -0.466 e. The Balaban J connectivity index is 1.23. The summed E-state index contributed by atoms with van der Waals surface area (Å²) >= 11 is 0. The van der Waals surface area contributed by atoms with Crippen LogP contribution in [-0.4, -0.2) is 67.8 Å². The number of nitrogens with one attached hydrogen (secondary N) is 1. The van der Waals surface area contributed by atoms with E-state index in [1.165, 1.54) is 36.8 Å². The number of carbonyl (C=O) groups is 2. The van der Waals surface area contributed by atoms with Crippen LogP contribution in [0.4, 0.5) is 5.69 Å². The van der Waals surface area contributed by atoms with Crippen LogP contribution in [0.1, 0.15) is 85.3 Å². The van der Waals surface area contributed by atoms with Crippen LogP contribution in [0.25, 0.3) is 0 Å². The Labute approximate surface area is 240 Å². The number of carbonyl (C=O) groups excluding carboxylic acids is 2. The maximum atomic E-state index is 13.0. The van der Waals surface area contributed by atoms with E-state index in [0.29, 0.717) is 18.6 Å². The zero-order valence-electron chi connectivity index (χ0n) is 24.4. The van der Waals surface area contributed by atoms with Crippen LogP contribution in [0.5, 0.6) is 0 Å². The number of esters is 1. The van der Waals surface area contributed by atoms with Crippen LogP contribution in [0, 0.1) is 5.92 Å². The molecule has 2 aliphatic rings. The number of piperazine rings is 1. The molecule has 0 saturated carbocycles. The van der Waals surface area contributed by atoms with Gasteiger partial charge in [0.1, 0.15) is 0 Å². The molecule has 40 heavy (non-hydrogen) atoms. The van der Waals surface area contributed by atoms with Gasteiger partial charge in [0.15, 0.2) is 0 Å². The zero-order valence-corrected chi connectivity index (χ0v) is 24.4. The fourth-order valence-electron chi connectivity index (χ4n) is 5.43. The topological polar surface area (TPSA) is 74.2 Å². The van der Waals surface area contributed by atoms with E-state index in [4.69, 9.17) is 4.74 Å². The summed E-state index contributed by atoms with van der Waals surface area (Å²) in [6.07, 6.45) is 12.2. The summed E-state index contributed by atoms with van der Waals surface area (Å²) in [4.78, 5) is 27.7. The predicted octanol–water partition coefficient (Wildman–Crippen LogP) is 5.92. The maximum Gasteiger partial charge on any atom is 0.306 e. The van der Waals surface area contributed by atoms with Gasteiger partial charge in [-0.2, -0.15) is 5.10 Å². The van der Waals surface area contributed by atoms with Gasteiger partial charge in [-0.1, -0.05) is 57.2 Å². The van der Waals surface area contributed by atoms with E-state index < -0.39 is 0 Å². The van der Waals surface area contributed by atoms with E-state index in [0.717, 1.165) is 69.5 Å². The first kappa shape index (κ1) is 29.8. The molecule has 1 saturated heterocycles. The fraction of sp³-hybridized carbons (Fsp3) is 0.545. The zero-order chi connectivity index (χ0) is 28.2. The molecule has 1 heterocycles. The second kappa shape index (κ2) is 15.6. The fourth-order valence-corrected chi connectivity index (χ4v) is 5.43. The molecule has 1 atom stereocenters. The lowest BCUT2D eigenvalue weighted by molar-refractivity contribution is -0.145. The Morgan fingerprint density at radius 2 is 1.73 bits per heavy atom. The SMILES string of the molecule is CCCCCCCCOC(=O)CC1CCc2ccc(C(=O)Nc3ccc(/C=N/N4CCN(C)CC4)cc3)cc2C1. The molecule has 0 aromatic heterocycles. The van der Waals surface area contributed by atoms with Gasteiger partial charge in [-0.15, -0.1) is 0 Å². The van der Waals surface area contributed by atoms with E-state index in [9.17, 15) is 9.59 Å². The number of likely N-dealkylation sites (N-methyl/N-ethyl adjacent to an activating group) is 1. The van der Waals surface area contributed by atoms with E-state index in [1.807, 2.05) is 42.6 Å². The second-order valence-corrected chi connectivity index (χ2v) is 11.4. The van der Waals surface area contributed by atoms with Crippen LogP contribution < -0.4 is 5.32 Å². The van der Waals surface area contributed by atoms with Gasteiger partial charge in [0, 0.05) is 43.9 Å². The van der Waals surface area contributed by atoms with Crippen LogP contribution in [0.2, 0.25) is 0 Å². The molecule has 216 valence electrons. The Morgan fingerprint density at radius 1 is 0.975 bits per heavy atom. The van der Waals surface area contributed by atoms with E-state index in [1.54, 1.807) is 0 Å². The van der Waals surface area contributed by atoms with Crippen molar-refractivity contribution in [2.75, 3.05) is 45.2 Å². The number of ether oxygens (including phenoxy) is 1. The summed E-state index contributed by atoms with van der Waals surface area (Å²) in [5.74, 6) is 0.0537. The number of anilines is 1. The average molecular weight is 547 g/mol. The number of unbranched alkanes of at least 4 members (excludes halogenated alkanes) is 5. The summed E-state index contributed by atoms with van der Waals surface area (Å²) < 4.78 is 5.51. The monoisotopic (exact) mass is 546 g/mol. The summed E-state index contributed by atoms with van der Waals surface area (Å²) in [7, 11) is 2.13. The largest absolute Gasteiger partial charge is 0.466 e. The Morgan fingerprint density at radius 3 is 2.50 bits per heavy atom. The Kier molecular flexibility index (Phi) is 11.6. The molecular formula is C33H46N4O3. The van der Waals surface area contributed by atoms with Crippen molar-refractivity contribution in [2.24, 2.45) is 11.0 Å². The van der Waals surface area contributed by atoms with Gasteiger partial charge in [-0.05, 0) is 79.6 Å². The smallest absolute Gasteiger partial charge is 0.306 e. The van der Waals surface area contributed by atoms with Crippen molar-refractivity contribution in [2.45, 2.75) is 71.1 Å². The molecule has 1 aliphatic heterocycles. The van der Waals surface area contributed by atoms with Crippen LogP contribution in [-0.2, 0) is 22.4 Å². The molecule has 1 fully saturated rings. The molecule has 1 aliphatic carbocycles. The molecule has 0 bridgehead atoms. The Hall–Kier alpha value is -3.19. The third kappa shape index (κ3) is 9.47. The number of hydrazone groups is 1. The highest BCUT2D eigenvalue weighted by Crippen LogP contribution is 2.29. The molecule has 1 unspecified atom stereocenters. The molecule has 4 rings (SSSR count). The van der Waals surface area contributed by atoms with Crippen molar-refractivity contribution in [3.63, 3.8) is 0 Å². The highest BCUT2D eigenvalue weighted by Gasteiger charge is 2.23. The van der Waals surface area contributed by atoms with Gasteiger partial charge in [0.25, 0.3) is 5.91 Å².